The number of carboxylic acid groups (broad SMARTS) is 1. The Morgan fingerprint density at radius 2 is 1.90 bits per heavy atom. The van der Waals surface area contributed by atoms with Gasteiger partial charge in [0.25, 0.3) is 0 Å². The molecular formula is C15H21ClN2O3. The maximum absolute atomic E-state index is 11.8. The molecule has 1 rings (SSSR count). The summed E-state index contributed by atoms with van der Waals surface area (Å²) in [4.78, 5) is 23.0. The maximum Gasteiger partial charge on any atom is 0.315 e. The van der Waals surface area contributed by atoms with Crippen molar-refractivity contribution in [1.82, 2.24) is 10.6 Å². The van der Waals surface area contributed by atoms with Gasteiger partial charge in [0.15, 0.2) is 0 Å². The average Bonchev–Trinajstić information content (AvgIpc) is 2.45. The molecule has 21 heavy (non-hydrogen) atoms. The first-order chi connectivity index (χ1) is 9.78. The molecular weight excluding hydrogens is 292 g/mol. The van der Waals surface area contributed by atoms with E-state index >= 15 is 0 Å². The fourth-order valence-electron chi connectivity index (χ4n) is 1.71. The summed E-state index contributed by atoms with van der Waals surface area (Å²) in [5.74, 6) is -0.920. The van der Waals surface area contributed by atoms with Crippen LogP contribution in [0.25, 0.3) is 0 Å². The second-order valence-electron chi connectivity index (χ2n) is 5.32. The van der Waals surface area contributed by atoms with Crippen LogP contribution < -0.4 is 10.6 Å². The quantitative estimate of drug-likeness (QED) is 0.754. The Morgan fingerprint density at radius 3 is 2.38 bits per heavy atom. The molecule has 116 valence electrons. The number of rotatable bonds is 6. The molecule has 6 heteroatoms. The topological polar surface area (TPSA) is 78.4 Å². The smallest absolute Gasteiger partial charge is 0.315 e. The minimum absolute atomic E-state index is 0.0814. The minimum Gasteiger partial charge on any atom is -0.481 e. The van der Waals surface area contributed by atoms with Crippen molar-refractivity contribution in [2.24, 2.45) is 5.41 Å². The molecule has 0 aliphatic heterocycles. The van der Waals surface area contributed by atoms with Gasteiger partial charge in [0.2, 0.25) is 0 Å². The molecule has 0 aliphatic rings. The monoisotopic (exact) mass is 312 g/mol. The van der Waals surface area contributed by atoms with Gasteiger partial charge in [-0.25, -0.2) is 4.79 Å². The number of hydrogen-bond acceptors (Lipinski definition) is 2. The number of carbonyl (C=O) groups is 2. The Bertz CT molecular complexity index is 504. The highest BCUT2D eigenvalue weighted by Crippen LogP contribution is 2.20. The summed E-state index contributed by atoms with van der Waals surface area (Å²) in [7, 11) is 0. The van der Waals surface area contributed by atoms with Gasteiger partial charge < -0.3 is 15.7 Å². The highest BCUT2D eigenvalue weighted by atomic mass is 35.5. The molecule has 2 unspecified atom stereocenters. The Balaban J connectivity index is 2.54. The first kappa shape index (κ1) is 17.3. The Labute approximate surface area is 129 Å². The zero-order chi connectivity index (χ0) is 16.0. The van der Waals surface area contributed by atoms with Gasteiger partial charge in [-0.15, -0.1) is 0 Å². The number of aliphatic carboxylic acids is 1. The summed E-state index contributed by atoms with van der Waals surface area (Å²) in [6, 6.07) is 6.59. The number of carboxylic acids is 1. The molecule has 0 saturated carbocycles. The van der Waals surface area contributed by atoms with Crippen LogP contribution in [0.2, 0.25) is 5.02 Å². The van der Waals surface area contributed by atoms with E-state index in [0.717, 1.165) is 5.56 Å². The lowest BCUT2D eigenvalue weighted by Crippen LogP contribution is -2.45. The van der Waals surface area contributed by atoms with E-state index in [-0.39, 0.29) is 12.6 Å². The van der Waals surface area contributed by atoms with Crippen molar-refractivity contribution in [3.63, 3.8) is 0 Å². The van der Waals surface area contributed by atoms with Crippen molar-refractivity contribution in [2.75, 3.05) is 6.54 Å². The molecule has 0 bridgehead atoms. The Morgan fingerprint density at radius 1 is 1.33 bits per heavy atom. The fourth-order valence-corrected chi connectivity index (χ4v) is 1.84. The molecule has 2 atom stereocenters. The van der Waals surface area contributed by atoms with Gasteiger partial charge in [0.05, 0.1) is 11.5 Å². The molecule has 5 nitrogen and oxygen atoms in total. The predicted octanol–water partition coefficient (Wildman–Crippen LogP) is 3.20. The zero-order valence-electron chi connectivity index (χ0n) is 12.4. The summed E-state index contributed by atoms with van der Waals surface area (Å²) >= 11 is 5.81. The average molecular weight is 313 g/mol. The molecule has 2 amide bonds. The van der Waals surface area contributed by atoms with Gasteiger partial charge in [0, 0.05) is 11.6 Å². The van der Waals surface area contributed by atoms with Gasteiger partial charge in [-0.3, -0.25) is 4.79 Å². The lowest BCUT2D eigenvalue weighted by Gasteiger charge is -2.24. The number of amides is 2. The second kappa shape index (κ2) is 7.31. The normalized spacial score (nSPS) is 14.9. The molecule has 0 saturated heterocycles. The second-order valence-corrected chi connectivity index (χ2v) is 5.76. The van der Waals surface area contributed by atoms with Crippen LogP contribution in [0.5, 0.6) is 0 Å². The van der Waals surface area contributed by atoms with Crippen molar-refractivity contribution in [2.45, 2.75) is 33.2 Å². The summed E-state index contributed by atoms with van der Waals surface area (Å²) in [5, 5.41) is 15.2. The van der Waals surface area contributed by atoms with Crippen LogP contribution in [0.4, 0.5) is 4.79 Å². The van der Waals surface area contributed by atoms with Crippen molar-refractivity contribution in [3.05, 3.63) is 34.9 Å². The highest BCUT2D eigenvalue weighted by molar-refractivity contribution is 6.30. The molecule has 0 heterocycles. The van der Waals surface area contributed by atoms with Crippen molar-refractivity contribution in [3.8, 4) is 0 Å². The van der Waals surface area contributed by atoms with E-state index in [2.05, 4.69) is 10.6 Å². The third-order valence-electron chi connectivity index (χ3n) is 3.65. The van der Waals surface area contributed by atoms with Crippen LogP contribution in [0, 0.1) is 5.41 Å². The van der Waals surface area contributed by atoms with E-state index in [9.17, 15) is 9.59 Å². The lowest BCUT2D eigenvalue weighted by molar-refractivity contribution is -0.147. The fraction of sp³-hybridized carbons (Fsp3) is 0.467. The molecule has 0 spiro atoms. The van der Waals surface area contributed by atoms with E-state index in [0.29, 0.717) is 11.4 Å². The number of hydrogen-bond donors (Lipinski definition) is 3. The first-order valence-corrected chi connectivity index (χ1v) is 7.19. The molecule has 0 fully saturated rings. The van der Waals surface area contributed by atoms with Crippen LogP contribution in [0.1, 0.15) is 38.8 Å². The largest absolute Gasteiger partial charge is 0.481 e. The van der Waals surface area contributed by atoms with Gasteiger partial charge in [-0.2, -0.15) is 0 Å². The van der Waals surface area contributed by atoms with E-state index in [1.165, 1.54) is 0 Å². The molecule has 1 aromatic carbocycles. The number of carbonyl (C=O) groups excluding carboxylic acids is 1. The standard InChI is InChI=1S/C15H21ClN2O3/c1-4-15(3,13(19)20)9-17-14(21)18-10(2)11-5-7-12(16)8-6-11/h5-8,10H,4,9H2,1-3H3,(H,19,20)(H2,17,18,21). The Hall–Kier alpha value is -1.75. The van der Waals surface area contributed by atoms with Gasteiger partial charge in [-0.05, 0) is 38.0 Å². The summed E-state index contributed by atoms with van der Waals surface area (Å²) < 4.78 is 0. The molecule has 3 N–H and O–H groups in total. The van der Waals surface area contributed by atoms with Crippen LogP contribution >= 0.6 is 11.6 Å². The maximum atomic E-state index is 11.8. The van der Waals surface area contributed by atoms with Crippen LogP contribution in [0.3, 0.4) is 0 Å². The van der Waals surface area contributed by atoms with Crippen molar-refractivity contribution < 1.29 is 14.7 Å². The van der Waals surface area contributed by atoms with Crippen LogP contribution in [-0.2, 0) is 4.79 Å². The lowest BCUT2D eigenvalue weighted by atomic mass is 9.88. The number of benzene rings is 1. The molecule has 0 aromatic heterocycles. The minimum atomic E-state index is -0.957. The van der Waals surface area contributed by atoms with E-state index in [4.69, 9.17) is 16.7 Å². The van der Waals surface area contributed by atoms with E-state index in [1.807, 2.05) is 19.1 Å². The highest BCUT2D eigenvalue weighted by Gasteiger charge is 2.31. The summed E-state index contributed by atoms with van der Waals surface area (Å²) in [6.07, 6.45) is 0.440. The number of halogens is 1. The van der Waals surface area contributed by atoms with Crippen molar-refractivity contribution in [1.29, 1.82) is 0 Å². The predicted molar refractivity (Wildman–Crippen MR) is 82.4 cm³/mol. The number of nitrogens with one attached hydrogen (secondary N) is 2. The molecule has 0 radical (unpaired) electrons. The van der Waals surface area contributed by atoms with E-state index < -0.39 is 17.4 Å². The van der Waals surface area contributed by atoms with Crippen LogP contribution in [0.15, 0.2) is 24.3 Å². The van der Waals surface area contributed by atoms with Gasteiger partial charge >= 0.3 is 12.0 Å². The number of urea groups is 1. The SMILES string of the molecule is CCC(C)(CNC(=O)NC(C)c1ccc(Cl)cc1)C(=O)O. The van der Waals surface area contributed by atoms with E-state index in [1.54, 1.807) is 26.0 Å². The summed E-state index contributed by atoms with van der Waals surface area (Å²) in [5.41, 5.74) is -0.0352. The molecule has 0 aliphatic carbocycles. The third kappa shape index (κ3) is 4.93. The van der Waals surface area contributed by atoms with Gasteiger partial charge in [-0.1, -0.05) is 30.7 Å². The first-order valence-electron chi connectivity index (χ1n) is 6.81. The zero-order valence-corrected chi connectivity index (χ0v) is 13.2. The Kier molecular flexibility index (Phi) is 6.03. The molecule has 1 aromatic rings. The van der Waals surface area contributed by atoms with Crippen molar-refractivity contribution >= 4 is 23.6 Å². The van der Waals surface area contributed by atoms with Crippen LogP contribution in [-0.4, -0.2) is 23.7 Å². The van der Waals surface area contributed by atoms with Gasteiger partial charge in [0.1, 0.15) is 0 Å². The summed E-state index contributed by atoms with van der Waals surface area (Å²) in [6.45, 7) is 5.32. The third-order valence-corrected chi connectivity index (χ3v) is 3.91.